The molecule has 6 heteroatoms. The van der Waals surface area contributed by atoms with Gasteiger partial charge in [-0.05, 0) is 42.0 Å². The number of hydrogen-bond acceptors (Lipinski definition) is 4. The monoisotopic (exact) mass is 355 g/mol. The highest BCUT2D eigenvalue weighted by molar-refractivity contribution is 6.04. The Morgan fingerprint density at radius 3 is 2.31 bits per heavy atom. The molecule has 0 spiro atoms. The molecular weight excluding hydrogens is 334 g/mol. The molecule has 0 unspecified atom stereocenters. The molecule has 2 aromatic rings. The maximum absolute atomic E-state index is 12.3. The summed E-state index contributed by atoms with van der Waals surface area (Å²) >= 11 is 0. The van der Waals surface area contributed by atoms with E-state index in [4.69, 9.17) is 14.6 Å². The number of amides is 1. The standard InChI is InChI=1S/C20H21NO5/c22-19(23)13-14-1-5-16(6-2-14)21-20(24)15-3-7-17(8-4-15)26-18-9-11-25-12-10-18/h1-8,18H,9-13H2,(H,21,24)(H,22,23). The molecule has 2 aromatic carbocycles. The first-order valence-electron chi connectivity index (χ1n) is 8.57. The molecule has 1 amide bonds. The second-order valence-corrected chi connectivity index (χ2v) is 6.18. The Hall–Kier alpha value is -2.86. The number of rotatable bonds is 6. The van der Waals surface area contributed by atoms with Crippen LogP contribution in [0.3, 0.4) is 0 Å². The number of carbonyl (C=O) groups is 2. The van der Waals surface area contributed by atoms with E-state index in [1.165, 1.54) is 0 Å². The van der Waals surface area contributed by atoms with Crippen LogP contribution in [0.2, 0.25) is 0 Å². The van der Waals surface area contributed by atoms with E-state index in [0.717, 1.165) is 31.8 Å². The number of anilines is 1. The number of nitrogens with one attached hydrogen (secondary N) is 1. The first-order chi connectivity index (χ1) is 12.6. The van der Waals surface area contributed by atoms with Crippen molar-refractivity contribution in [2.24, 2.45) is 0 Å². The lowest BCUT2D eigenvalue weighted by Gasteiger charge is -2.23. The van der Waals surface area contributed by atoms with Crippen molar-refractivity contribution in [3.63, 3.8) is 0 Å². The third kappa shape index (κ3) is 5.07. The van der Waals surface area contributed by atoms with E-state index in [-0.39, 0.29) is 18.4 Å². The van der Waals surface area contributed by atoms with Crippen LogP contribution in [0.15, 0.2) is 48.5 Å². The summed E-state index contributed by atoms with van der Waals surface area (Å²) in [6.07, 6.45) is 1.87. The Morgan fingerprint density at radius 1 is 1.04 bits per heavy atom. The summed E-state index contributed by atoms with van der Waals surface area (Å²) in [6.45, 7) is 1.44. The van der Waals surface area contributed by atoms with Crippen molar-refractivity contribution in [2.75, 3.05) is 18.5 Å². The number of carboxylic acid groups (broad SMARTS) is 1. The normalized spacial score (nSPS) is 14.6. The first kappa shape index (κ1) is 17.9. The average Bonchev–Trinajstić information content (AvgIpc) is 2.64. The van der Waals surface area contributed by atoms with Gasteiger partial charge in [0.2, 0.25) is 0 Å². The van der Waals surface area contributed by atoms with Gasteiger partial charge in [-0.3, -0.25) is 9.59 Å². The lowest BCUT2D eigenvalue weighted by Crippen LogP contribution is -2.25. The number of ether oxygens (including phenoxy) is 2. The molecule has 26 heavy (non-hydrogen) atoms. The Bertz CT molecular complexity index is 749. The average molecular weight is 355 g/mol. The van der Waals surface area contributed by atoms with Crippen molar-refractivity contribution in [1.82, 2.24) is 0 Å². The fraction of sp³-hybridized carbons (Fsp3) is 0.300. The van der Waals surface area contributed by atoms with Crippen molar-refractivity contribution in [1.29, 1.82) is 0 Å². The highest BCUT2D eigenvalue weighted by Crippen LogP contribution is 2.19. The maximum Gasteiger partial charge on any atom is 0.307 e. The number of carboxylic acids is 1. The van der Waals surface area contributed by atoms with Crippen molar-refractivity contribution in [3.05, 3.63) is 59.7 Å². The second-order valence-electron chi connectivity index (χ2n) is 6.18. The predicted molar refractivity (Wildman–Crippen MR) is 96.6 cm³/mol. The van der Waals surface area contributed by atoms with Crippen LogP contribution in [0, 0.1) is 0 Å². The molecule has 1 aliphatic rings. The topological polar surface area (TPSA) is 84.9 Å². The van der Waals surface area contributed by atoms with E-state index in [2.05, 4.69) is 5.32 Å². The zero-order chi connectivity index (χ0) is 18.4. The Morgan fingerprint density at radius 2 is 1.69 bits per heavy atom. The van der Waals surface area contributed by atoms with Crippen molar-refractivity contribution >= 4 is 17.6 Å². The molecule has 0 bridgehead atoms. The van der Waals surface area contributed by atoms with Crippen LogP contribution in [0.25, 0.3) is 0 Å². The van der Waals surface area contributed by atoms with Gasteiger partial charge in [-0.2, -0.15) is 0 Å². The SMILES string of the molecule is O=C(O)Cc1ccc(NC(=O)c2ccc(OC3CCOCC3)cc2)cc1. The van der Waals surface area contributed by atoms with Gasteiger partial charge in [-0.25, -0.2) is 0 Å². The Kier molecular flexibility index (Phi) is 5.86. The lowest BCUT2D eigenvalue weighted by atomic mass is 10.1. The molecule has 3 rings (SSSR count). The molecule has 1 fully saturated rings. The molecule has 0 aromatic heterocycles. The van der Waals surface area contributed by atoms with E-state index >= 15 is 0 Å². The van der Waals surface area contributed by atoms with E-state index in [9.17, 15) is 9.59 Å². The maximum atomic E-state index is 12.3. The summed E-state index contributed by atoms with van der Waals surface area (Å²) in [5.74, 6) is -0.370. The molecule has 1 saturated heterocycles. The highest BCUT2D eigenvalue weighted by atomic mass is 16.5. The van der Waals surface area contributed by atoms with Crippen molar-refractivity contribution in [2.45, 2.75) is 25.4 Å². The lowest BCUT2D eigenvalue weighted by molar-refractivity contribution is -0.136. The highest BCUT2D eigenvalue weighted by Gasteiger charge is 2.15. The summed E-state index contributed by atoms with van der Waals surface area (Å²) in [7, 11) is 0. The molecular formula is C20H21NO5. The minimum absolute atomic E-state index is 0.0389. The van der Waals surface area contributed by atoms with Gasteiger partial charge in [0.1, 0.15) is 11.9 Å². The molecule has 6 nitrogen and oxygen atoms in total. The van der Waals surface area contributed by atoms with Crippen LogP contribution in [-0.2, 0) is 16.0 Å². The van der Waals surface area contributed by atoms with Crippen LogP contribution in [0.4, 0.5) is 5.69 Å². The Labute approximate surface area is 151 Å². The van der Waals surface area contributed by atoms with Gasteiger partial charge in [0, 0.05) is 24.1 Å². The van der Waals surface area contributed by atoms with Crippen molar-refractivity contribution < 1.29 is 24.2 Å². The molecule has 136 valence electrons. The van der Waals surface area contributed by atoms with Gasteiger partial charge in [-0.1, -0.05) is 12.1 Å². The predicted octanol–water partition coefficient (Wildman–Crippen LogP) is 3.12. The van der Waals surface area contributed by atoms with Crippen molar-refractivity contribution in [3.8, 4) is 5.75 Å². The smallest absolute Gasteiger partial charge is 0.307 e. The Balaban J connectivity index is 1.56. The van der Waals surface area contributed by atoms with Gasteiger partial charge in [0.25, 0.3) is 5.91 Å². The molecule has 2 N–H and O–H groups in total. The van der Waals surface area contributed by atoms with E-state index in [0.29, 0.717) is 16.8 Å². The van der Waals surface area contributed by atoms with E-state index < -0.39 is 5.97 Å². The fourth-order valence-corrected chi connectivity index (χ4v) is 2.75. The second kappa shape index (κ2) is 8.49. The van der Waals surface area contributed by atoms with Gasteiger partial charge in [0.15, 0.2) is 0 Å². The molecule has 0 radical (unpaired) electrons. The van der Waals surface area contributed by atoms with E-state index in [1.54, 1.807) is 48.5 Å². The number of hydrogen-bond donors (Lipinski definition) is 2. The summed E-state index contributed by atoms with van der Waals surface area (Å²) in [4.78, 5) is 23.0. The first-order valence-corrected chi connectivity index (χ1v) is 8.57. The molecule has 0 aliphatic carbocycles. The summed E-state index contributed by atoms with van der Waals surface area (Å²) in [6, 6.07) is 13.8. The van der Waals surface area contributed by atoms with E-state index in [1.807, 2.05) is 0 Å². The van der Waals surface area contributed by atoms with Crippen LogP contribution < -0.4 is 10.1 Å². The van der Waals surface area contributed by atoms with Crippen LogP contribution in [-0.4, -0.2) is 36.3 Å². The number of carbonyl (C=O) groups excluding carboxylic acids is 1. The third-order valence-corrected chi connectivity index (χ3v) is 4.15. The zero-order valence-electron chi connectivity index (χ0n) is 14.3. The zero-order valence-corrected chi connectivity index (χ0v) is 14.3. The van der Waals surface area contributed by atoms with Crippen LogP contribution in [0.5, 0.6) is 5.75 Å². The summed E-state index contributed by atoms with van der Waals surface area (Å²) < 4.78 is 11.2. The third-order valence-electron chi connectivity index (χ3n) is 4.15. The summed E-state index contributed by atoms with van der Waals surface area (Å²) in [5, 5.41) is 11.6. The van der Waals surface area contributed by atoms with Gasteiger partial charge in [-0.15, -0.1) is 0 Å². The van der Waals surface area contributed by atoms with Crippen LogP contribution in [0.1, 0.15) is 28.8 Å². The number of benzene rings is 2. The fourth-order valence-electron chi connectivity index (χ4n) is 2.75. The molecule has 0 atom stereocenters. The summed E-state index contributed by atoms with van der Waals surface area (Å²) in [5.41, 5.74) is 1.83. The van der Waals surface area contributed by atoms with Gasteiger partial charge < -0.3 is 19.9 Å². The van der Waals surface area contributed by atoms with Gasteiger partial charge in [0.05, 0.1) is 19.6 Å². The number of aliphatic carboxylic acids is 1. The quantitative estimate of drug-likeness (QED) is 0.832. The molecule has 1 aliphatic heterocycles. The molecule has 0 saturated carbocycles. The molecule has 1 heterocycles. The minimum atomic E-state index is -0.884. The largest absolute Gasteiger partial charge is 0.490 e. The minimum Gasteiger partial charge on any atom is -0.490 e. The van der Waals surface area contributed by atoms with Crippen LogP contribution >= 0.6 is 0 Å². The van der Waals surface area contributed by atoms with Gasteiger partial charge >= 0.3 is 5.97 Å².